The first kappa shape index (κ1) is 17.7. The molecule has 0 atom stereocenters. The Morgan fingerprint density at radius 1 is 1.23 bits per heavy atom. The Labute approximate surface area is 150 Å². The normalized spacial score (nSPS) is 13.2. The lowest BCUT2D eigenvalue weighted by Gasteiger charge is -2.18. The van der Waals surface area contributed by atoms with Gasteiger partial charge in [0.15, 0.2) is 13.2 Å². The molecule has 2 N–H and O–H groups in total. The van der Waals surface area contributed by atoms with Gasteiger partial charge in [0.2, 0.25) is 0 Å². The highest BCUT2D eigenvalue weighted by Crippen LogP contribution is 2.31. The Kier molecular flexibility index (Phi) is 4.81. The predicted molar refractivity (Wildman–Crippen MR) is 92.6 cm³/mol. The summed E-state index contributed by atoms with van der Waals surface area (Å²) in [5.74, 6) is -0.332. The summed E-state index contributed by atoms with van der Waals surface area (Å²) in [4.78, 5) is 23.2. The molecule has 0 bridgehead atoms. The van der Waals surface area contributed by atoms with Crippen molar-refractivity contribution in [2.24, 2.45) is 0 Å². The lowest BCUT2D eigenvalue weighted by Crippen LogP contribution is -2.34. The Morgan fingerprint density at radius 3 is 2.69 bits per heavy atom. The maximum absolute atomic E-state index is 12.1. The van der Waals surface area contributed by atoms with E-state index in [1.807, 2.05) is 11.6 Å². The highest BCUT2D eigenvalue weighted by atomic mass is 32.2. The average Bonchev–Trinajstić information content (AvgIpc) is 2.59. The molecule has 3 rings (SSSR count). The fraction of sp³-hybridized carbons (Fsp3) is 0.176. The Balaban J connectivity index is 1.61. The van der Waals surface area contributed by atoms with E-state index in [-0.39, 0.29) is 23.2 Å². The third kappa shape index (κ3) is 4.12. The third-order valence-electron chi connectivity index (χ3n) is 3.53. The molecule has 2 aromatic carbocycles. The zero-order chi connectivity index (χ0) is 18.7. The standard InChI is InChI=1S/C17H16N2O6S/c1-11-2-5-13(6-3-11)26(22,23)19-17(21)10-24-12-4-7-15-14(8-12)18-16(20)9-25-15/h2-8H,9-10H2,1H3,(H,18,20)(H,19,21). The van der Waals surface area contributed by atoms with Crippen molar-refractivity contribution in [3.05, 3.63) is 48.0 Å². The van der Waals surface area contributed by atoms with E-state index in [0.717, 1.165) is 5.56 Å². The number of fused-ring (bicyclic) bond motifs is 1. The van der Waals surface area contributed by atoms with Crippen molar-refractivity contribution in [2.45, 2.75) is 11.8 Å². The quantitative estimate of drug-likeness (QED) is 0.811. The van der Waals surface area contributed by atoms with Crippen LogP contribution in [0.3, 0.4) is 0 Å². The first-order valence-corrected chi connectivity index (χ1v) is 9.14. The molecule has 9 heteroatoms. The molecule has 0 fully saturated rings. The van der Waals surface area contributed by atoms with Crippen LogP contribution in [0, 0.1) is 6.92 Å². The highest BCUT2D eigenvalue weighted by Gasteiger charge is 2.19. The molecule has 0 unspecified atom stereocenters. The summed E-state index contributed by atoms with van der Waals surface area (Å²) in [6.45, 7) is 1.26. The maximum atomic E-state index is 12.1. The maximum Gasteiger partial charge on any atom is 0.271 e. The highest BCUT2D eigenvalue weighted by molar-refractivity contribution is 7.90. The second-order valence-corrected chi connectivity index (χ2v) is 7.31. The minimum atomic E-state index is -3.96. The van der Waals surface area contributed by atoms with Gasteiger partial charge in [-0.25, -0.2) is 13.1 Å². The molecule has 26 heavy (non-hydrogen) atoms. The Hall–Kier alpha value is -3.07. The first-order chi connectivity index (χ1) is 12.3. The molecule has 2 amide bonds. The lowest BCUT2D eigenvalue weighted by atomic mass is 10.2. The van der Waals surface area contributed by atoms with Crippen LogP contribution in [-0.4, -0.2) is 33.4 Å². The Morgan fingerprint density at radius 2 is 1.96 bits per heavy atom. The number of amides is 2. The molecular weight excluding hydrogens is 360 g/mol. The number of ether oxygens (including phenoxy) is 2. The molecule has 8 nitrogen and oxygen atoms in total. The monoisotopic (exact) mass is 376 g/mol. The van der Waals surface area contributed by atoms with Gasteiger partial charge in [0, 0.05) is 6.07 Å². The van der Waals surface area contributed by atoms with Gasteiger partial charge in [0.1, 0.15) is 11.5 Å². The molecule has 0 saturated heterocycles. The van der Waals surface area contributed by atoms with E-state index in [4.69, 9.17) is 9.47 Å². The number of rotatable bonds is 5. The number of hydrogen-bond acceptors (Lipinski definition) is 6. The summed E-state index contributed by atoms with van der Waals surface area (Å²) in [5.41, 5.74) is 1.33. The number of sulfonamides is 1. The van der Waals surface area contributed by atoms with E-state index in [0.29, 0.717) is 11.4 Å². The molecule has 2 aromatic rings. The zero-order valence-electron chi connectivity index (χ0n) is 13.8. The van der Waals surface area contributed by atoms with E-state index in [9.17, 15) is 18.0 Å². The summed E-state index contributed by atoms with van der Waals surface area (Å²) in [7, 11) is -3.96. The molecule has 0 saturated carbocycles. The fourth-order valence-corrected chi connectivity index (χ4v) is 3.23. The van der Waals surface area contributed by atoms with Crippen molar-refractivity contribution in [3.8, 4) is 11.5 Å². The molecule has 0 aliphatic carbocycles. The number of nitrogens with one attached hydrogen (secondary N) is 2. The molecule has 1 aliphatic rings. The summed E-state index contributed by atoms with van der Waals surface area (Å²) in [5, 5.41) is 2.61. The fourth-order valence-electron chi connectivity index (χ4n) is 2.26. The van der Waals surface area contributed by atoms with Crippen LogP contribution in [0.2, 0.25) is 0 Å². The van der Waals surface area contributed by atoms with Crippen LogP contribution in [0.4, 0.5) is 5.69 Å². The van der Waals surface area contributed by atoms with Crippen LogP contribution < -0.4 is 19.5 Å². The number of hydrogen-bond donors (Lipinski definition) is 2. The van der Waals surface area contributed by atoms with E-state index in [1.165, 1.54) is 18.2 Å². The molecule has 0 aromatic heterocycles. The topological polar surface area (TPSA) is 111 Å². The predicted octanol–water partition coefficient (Wildman–Crippen LogP) is 1.21. The van der Waals surface area contributed by atoms with E-state index >= 15 is 0 Å². The van der Waals surface area contributed by atoms with Crippen LogP contribution >= 0.6 is 0 Å². The van der Waals surface area contributed by atoms with Crippen molar-refractivity contribution in [1.82, 2.24) is 4.72 Å². The van der Waals surface area contributed by atoms with Crippen molar-refractivity contribution >= 4 is 27.5 Å². The molecule has 0 spiro atoms. The SMILES string of the molecule is Cc1ccc(S(=O)(=O)NC(=O)COc2ccc3c(c2)NC(=O)CO3)cc1. The second kappa shape index (κ2) is 7.04. The molecule has 1 heterocycles. The number of anilines is 1. The minimum absolute atomic E-state index is 0.00917. The van der Waals surface area contributed by atoms with Gasteiger partial charge in [0.25, 0.3) is 21.8 Å². The average molecular weight is 376 g/mol. The van der Waals surface area contributed by atoms with Gasteiger partial charge in [-0.15, -0.1) is 0 Å². The summed E-state index contributed by atoms with van der Waals surface area (Å²) >= 11 is 0. The molecular formula is C17H16N2O6S. The van der Waals surface area contributed by atoms with Crippen LogP contribution in [0.5, 0.6) is 11.5 Å². The largest absolute Gasteiger partial charge is 0.484 e. The smallest absolute Gasteiger partial charge is 0.271 e. The number of carbonyl (C=O) groups is 2. The Bertz CT molecular complexity index is 954. The van der Waals surface area contributed by atoms with Gasteiger partial charge < -0.3 is 14.8 Å². The molecule has 0 radical (unpaired) electrons. The molecule has 1 aliphatic heterocycles. The van der Waals surface area contributed by atoms with Crippen molar-refractivity contribution < 1.29 is 27.5 Å². The van der Waals surface area contributed by atoms with Gasteiger partial charge in [-0.2, -0.15) is 0 Å². The van der Waals surface area contributed by atoms with Crippen molar-refractivity contribution in [3.63, 3.8) is 0 Å². The molecule has 136 valence electrons. The van der Waals surface area contributed by atoms with E-state index in [2.05, 4.69) is 5.32 Å². The van der Waals surface area contributed by atoms with Gasteiger partial charge in [-0.05, 0) is 31.2 Å². The van der Waals surface area contributed by atoms with Crippen LogP contribution in [0.1, 0.15) is 5.56 Å². The second-order valence-electron chi connectivity index (χ2n) is 5.63. The van der Waals surface area contributed by atoms with Crippen LogP contribution in [0.25, 0.3) is 0 Å². The van der Waals surface area contributed by atoms with Crippen molar-refractivity contribution in [1.29, 1.82) is 0 Å². The van der Waals surface area contributed by atoms with Crippen LogP contribution in [-0.2, 0) is 19.6 Å². The van der Waals surface area contributed by atoms with Gasteiger partial charge in [0.05, 0.1) is 10.6 Å². The van der Waals surface area contributed by atoms with Gasteiger partial charge >= 0.3 is 0 Å². The van der Waals surface area contributed by atoms with Gasteiger partial charge in [-0.3, -0.25) is 9.59 Å². The van der Waals surface area contributed by atoms with E-state index < -0.39 is 22.5 Å². The van der Waals surface area contributed by atoms with Crippen LogP contribution in [0.15, 0.2) is 47.4 Å². The third-order valence-corrected chi connectivity index (χ3v) is 4.92. The number of aryl methyl sites for hydroxylation is 1. The summed E-state index contributed by atoms with van der Waals surface area (Å²) < 4.78 is 36.7. The summed E-state index contributed by atoms with van der Waals surface area (Å²) in [6, 6.07) is 10.7. The number of benzene rings is 2. The van der Waals surface area contributed by atoms with E-state index in [1.54, 1.807) is 24.3 Å². The number of carbonyl (C=O) groups excluding carboxylic acids is 2. The first-order valence-electron chi connectivity index (χ1n) is 7.65. The van der Waals surface area contributed by atoms with Gasteiger partial charge in [-0.1, -0.05) is 17.7 Å². The van der Waals surface area contributed by atoms with Crippen molar-refractivity contribution in [2.75, 3.05) is 18.5 Å². The summed E-state index contributed by atoms with van der Waals surface area (Å²) in [6.07, 6.45) is 0. The minimum Gasteiger partial charge on any atom is -0.484 e. The zero-order valence-corrected chi connectivity index (χ0v) is 14.6. The lowest BCUT2D eigenvalue weighted by molar-refractivity contribution is -0.121.